The molecule has 4 nitrogen and oxygen atoms in total. The van der Waals surface area contributed by atoms with Crippen molar-refractivity contribution >= 4 is 5.97 Å². The lowest BCUT2D eigenvalue weighted by molar-refractivity contribution is -0.747. The fourth-order valence-electron chi connectivity index (χ4n) is 1.97. The average Bonchev–Trinajstić information content (AvgIpc) is 2.20. The molecule has 1 aromatic rings. The van der Waals surface area contributed by atoms with Crippen LogP contribution in [-0.2, 0) is 4.79 Å². The van der Waals surface area contributed by atoms with Crippen LogP contribution in [0, 0.1) is 13.8 Å². The lowest BCUT2D eigenvalue weighted by atomic mass is 9.97. The summed E-state index contributed by atoms with van der Waals surface area (Å²) < 4.78 is 0. The van der Waals surface area contributed by atoms with Gasteiger partial charge in [-0.2, -0.15) is 0 Å². The van der Waals surface area contributed by atoms with E-state index >= 15 is 0 Å². The molecule has 1 atom stereocenters. The van der Waals surface area contributed by atoms with Crippen LogP contribution in [0.1, 0.15) is 43.5 Å². The first-order chi connectivity index (χ1) is 8.11. The second kappa shape index (κ2) is 4.98. The van der Waals surface area contributed by atoms with Crippen molar-refractivity contribution in [2.24, 2.45) is 0 Å². The number of quaternary nitrogens is 1. The van der Waals surface area contributed by atoms with E-state index in [0.717, 1.165) is 0 Å². The maximum absolute atomic E-state index is 11.3. The van der Waals surface area contributed by atoms with Gasteiger partial charge in [-0.1, -0.05) is 0 Å². The first-order valence-corrected chi connectivity index (χ1v) is 5.99. The SMILES string of the molecule is Cc1cc([C@@H]([NH2+]C(C)(C)C)C(=O)[O-])cc(C)c1O. The third kappa shape index (κ3) is 3.47. The van der Waals surface area contributed by atoms with Gasteiger partial charge in [-0.25, -0.2) is 0 Å². The second-order valence-electron chi connectivity index (χ2n) is 5.83. The molecule has 0 bridgehead atoms. The lowest BCUT2D eigenvalue weighted by Crippen LogP contribution is -2.96. The summed E-state index contributed by atoms with van der Waals surface area (Å²) in [7, 11) is 0. The van der Waals surface area contributed by atoms with Gasteiger partial charge < -0.3 is 20.3 Å². The summed E-state index contributed by atoms with van der Waals surface area (Å²) in [6.45, 7) is 9.36. The van der Waals surface area contributed by atoms with Crippen LogP contribution in [0.3, 0.4) is 0 Å². The number of hydrogen-bond acceptors (Lipinski definition) is 3. The van der Waals surface area contributed by atoms with E-state index in [9.17, 15) is 15.0 Å². The minimum Gasteiger partial charge on any atom is -0.544 e. The molecule has 4 heteroatoms. The first kappa shape index (κ1) is 14.5. The highest BCUT2D eigenvalue weighted by molar-refractivity contribution is 5.72. The summed E-state index contributed by atoms with van der Waals surface area (Å²) in [5, 5.41) is 22.7. The van der Waals surface area contributed by atoms with Gasteiger partial charge in [-0.05, 0) is 57.9 Å². The van der Waals surface area contributed by atoms with E-state index in [1.807, 2.05) is 20.8 Å². The first-order valence-electron chi connectivity index (χ1n) is 5.99. The lowest BCUT2D eigenvalue weighted by Gasteiger charge is -2.26. The molecule has 0 saturated heterocycles. The molecule has 0 aliphatic rings. The van der Waals surface area contributed by atoms with Crippen molar-refractivity contribution in [1.29, 1.82) is 0 Å². The number of phenols is 1. The van der Waals surface area contributed by atoms with Crippen LogP contribution in [0.5, 0.6) is 5.75 Å². The number of benzene rings is 1. The van der Waals surface area contributed by atoms with Gasteiger partial charge in [0.25, 0.3) is 0 Å². The van der Waals surface area contributed by atoms with Crippen molar-refractivity contribution in [2.45, 2.75) is 46.2 Å². The molecule has 100 valence electrons. The molecule has 1 rings (SSSR count). The predicted molar refractivity (Wildman–Crippen MR) is 67.0 cm³/mol. The smallest absolute Gasteiger partial charge is 0.152 e. The van der Waals surface area contributed by atoms with Crippen LogP contribution in [0.15, 0.2) is 12.1 Å². The number of nitrogens with two attached hydrogens (primary N) is 1. The van der Waals surface area contributed by atoms with E-state index in [2.05, 4.69) is 0 Å². The number of aryl methyl sites for hydroxylation is 2. The monoisotopic (exact) mass is 251 g/mol. The van der Waals surface area contributed by atoms with Gasteiger partial charge in [0.2, 0.25) is 0 Å². The highest BCUT2D eigenvalue weighted by atomic mass is 16.4. The highest BCUT2D eigenvalue weighted by Gasteiger charge is 2.25. The quantitative estimate of drug-likeness (QED) is 0.803. The number of hydrogen-bond donors (Lipinski definition) is 2. The molecule has 18 heavy (non-hydrogen) atoms. The Labute approximate surface area is 108 Å². The molecule has 1 aromatic carbocycles. The van der Waals surface area contributed by atoms with Crippen molar-refractivity contribution in [3.8, 4) is 5.75 Å². The zero-order valence-electron chi connectivity index (χ0n) is 11.6. The van der Waals surface area contributed by atoms with Crippen LogP contribution in [0.25, 0.3) is 0 Å². The van der Waals surface area contributed by atoms with E-state index in [1.54, 1.807) is 31.3 Å². The minimum atomic E-state index is -1.12. The highest BCUT2D eigenvalue weighted by Crippen LogP contribution is 2.25. The van der Waals surface area contributed by atoms with E-state index in [1.165, 1.54) is 0 Å². The molecule has 0 fully saturated rings. The molecule has 0 aliphatic carbocycles. The summed E-state index contributed by atoms with van der Waals surface area (Å²) in [4.78, 5) is 11.3. The average molecular weight is 251 g/mol. The molecule has 0 radical (unpaired) electrons. The zero-order chi connectivity index (χ0) is 14.1. The number of carboxylic acid groups (broad SMARTS) is 1. The molecule has 0 amide bonds. The molecule has 3 N–H and O–H groups in total. The largest absolute Gasteiger partial charge is 0.544 e. The summed E-state index contributed by atoms with van der Waals surface area (Å²) in [5.41, 5.74) is 1.79. The molecular weight excluding hydrogens is 230 g/mol. The van der Waals surface area contributed by atoms with E-state index in [-0.39, 0.29) is 11.3 Å². The number of phenolic OH excluding ortho intramolecular Hbond substituents is 1. The van der Waals surface area contributed by atoms with Gasteiger partial charge in [0.05, 0.1) is 5.54 Å². The Morgan fingerprint density at radius 3 is 2.06 bits per heavy atom. The molecule has 0 unspecified atom stereocenters. The zero-order valence-corrected chi connectivity index (χ0v) is 11.6. The maximum Gasteiger partial charge on any atom is 0.152 e. The number of carboxylic acids is 1. The van der Waals surface area contributed by atoms with E-state index < -0.39 is 12.0 Å². The standard InChI is InChI=1S/C14H21NO3/c1-8-6-10(7-9(2)12(8)16)11(13(17)18)15-14(3,4)5/h6-7,11,15-16H,1-5H3,(H,17,18)/t11-/m1/s1. The van der Waals surface area contributed by atoms with Crippen LogP contribution in [-0.4, -0.2) is 16.6 Å². The third-order valence-electron chi connectivity index (χ3n) is 2.79. The Kier molecular flexibility index (Phi) is 4.02. The Morgan fingerprint density at radius 2 is 1.72 bits per heavy atom. The van der Waals surface area contributed by atoms with Gasteiger partial charge in [0, 0.05) is 5.56 Å². The Bertz CT molecular complexity index is 438. The Morgan fingerprint density at radius 1 is 1.28 bits per heavy atom. The van der Waals surface area contributed by atoms with Crippen molar-refractivity contribution in [3.05, 3.63) is 28.8 Å². The molecule has 0 heterocycles. The van der Waals surface area contributed by atoms with E-state index in [0.29, 0.717) is 16.7 Å². The van der Waals surface area contributed by atoms with Gasteiger partial charge in [0.1, 0.15) is 11.7 Å². The summed E-state index contributed by atoms with van der Waals surface area (Å²) in [6.07, 6.45) is 0. The molecule has 0 spiro atoms. The van der Waals surface area contributed by atoms with Gasteiger partial charge in [-0.3, -0.25) is 0 Å². The normalized spacial score (nSPS) is 13.4. The van der Waals surface area contributed by atoms with Crippen molar-refractivity contribution in [1.82, 2.24) is 0 Å². The molecule has 0 saturated carbocycles. The third-order valence-corrected chi connectivity index (χ3v) is 2.79. The minimum absolute atomic E-state index is 0.214. The molecule has 0 aromatic heterocycles. The molecule has 0 aliphatic heterocycles. The summed E-state index contributed by atoms with van der Waals surface area (Å²) >= 11 is 0. The Balaban J connectivity index is 3.19. The van der Waals surface area contributed by atoms with Crippen LogP contribution < -0.4 is 10.4 Å². The van der Waals surface area contributed by atoms with Crippen molar-refractivity contribution in [3.63, 3.8) is 0 Å². The van der Waals surface area contributed by atoms with Crippen LogP contribution in [0.4, 0.5) is 0 Å². The summed E-state index contributed by atoms with van der Waals surface area (Å²) in [6, 6.07) is 2.64. The van der Waals surface area contributed by atoms with Gasteiger partial charge in [-0.15, -0.1) is 0 Å². The van der Waals surface area contributed by atoms with E-state index in [4.69, 9.17) is 0 Å². The van der Waals surface area contributed by atoms with Crippen molar-refractivity contribution in [2.75, 3.05) is 0 Å². The predicted octanol–water partition coefficient (Wildman–Crippen LogP) is 0.162. The van der Waals surface area contributed by atoms with Gasteiger partial charge in [0.15, 0.2) is 6.04 Å². The number of carbonyl (C=O) groups excluding carboxylic acids is 1. The van der Waals surface area contributed by atoms with Gasteiger partial charge >= 0.3 is 0 Å². The Hall–Kier alpha value is -1.55. The fraction of sp³-hybridized carbons (Fsp3) is 0.500. The number of aliphatic carboxylic acids is 1. The number of rotatable bonds is 3. The topological polar surface area (TPSA) is 77.0 Å². The number of aromatic hydroxyl groups is 1. The fourth-order valence-corrected chi connectivity index (χ4v) is 1.97. The summed E-state index contributed by atoms with van der Waals surface area (Å²) in [5.74, 6) is -0.902. The second-order valence-corrected chi connectivity index (χ2v) is 5.83. The van der Waals surface area contributed by atoms with Crippen molar-refractivity contribution < 1.29 is 20.3 Å². The number of carbonyl (C=O) groups is 1. The van der Waals surface area contributed by atoms with Crippen LogP contribution in [0.2, 0.25) is 0 Å². The van der Waals surface area contributed by atoms with Crippen LogP contribution >= 0.6 is 0 Å². The molecular formula is C14H21NO3. The maximum atomic E-state index is 11.3.